The Kier molecular flexibility index (Phi) is 5.85. The topological polar surface area (TPSA) is 21.7 Å². The molecule has 0 aliphatic heterocycles. The van der Waals surface area contributed by atoms with Gasteiger partial charge < -0.3 is 0 Å². The van der Waals surface area contributed by atoms with E-state index in [2.05, 4.69) is 209 Å². The zero-order chi connectivity index (χ0) is 39.6. The highest BCUT2D eigenvalue weighted by Crippen LogP contribution is 2.63. The quantitative estimate of drug-likeness (QED) is 0.172. The number of rotatable bonds is 2. The van der Waals surface area contributed by atoms with Crippen LogP contribution in [0.5, 0.6) is 0 Å². The van der Waals surface area contributed by atoms with Crippen LogP contribution >= 0.6 is 0 Å². The van der Waals surface area contributed by atoms with Gasteiger partial charge in [-0.3, -0.25) is 8.80 Å². The standard InChI is InChI=1S/C58H33N3/c1-3-13-38-31-53-46(27-36(38)11-1)47-28-41(33-55-56(47)61(53)57-59-52-30-37-12-2-4-14-39(37)32-54(52)60(55)57)35-23-21-34(22-24-35)40-25-26-45-44-17-7-10-20-50(44)58(51(45)29-40)48-18-8-5-15-42(48)43-16-6-9-19-49(43)58/h1-33H. The molecule has 1 spiro atoms. The minimum atomic E-state index is -0.361. The Hall–Kier alpha value is -8.01. The highest BCUT2D eigenvalue weighted by atomic mass is 15.2. The monoisotopic (exact) mass is 771 g/mol. The van der Waals surface area contributed by atoms with Crippen molar-refractivity contribution in [1.29, 1.82) is 0 Å². The minimum absolute atomic E-state index is 0.361. The summed E-state index contributed by atoms with van der Waals surface area (Å²) in [6.07, 6.45) is 0. The Labute approximate surface area is 350 Å². The van der Waals surface area contributed by atoms with Crippen LogP contribution in [0.4, 0.5) is 0 Å². The average Bonchev–Trinajstić information content (AvgIpc) is 4.09. The van der Waals surface area contributed by atoms with E-state index in [-0.39, 0.29) is 5.41 Å². The summed E-state index contributed by atoms with van der Waals surface area (Å²) in [4.78, 5) is 5.35. The van der Waals surface area contributed by atoms with E-state index in [0.717, 1.165) is 16.8 Å². The molecule has 15 rings (SSSR count). The van der Waals surface area contributed by atoms with Crippen LogP contribution in [0, 0.1) is 0 Å². The zero-order valence-electron chi connectivity index (χ0n) is 32.9. The van der Waals surface area contributed by atoms with Gasteiger partial charge in [-0.25, -0.2) is 4.98 Å². The van der Waals surface area contributed by atoms with Crippen molar-refractivity contribution >= 4 is 65.7 Å². The fourth-order valence-electron chi connectivity index (χ4n) is 11.6. The van der Waals surface area contributed by atoms with Crippen molar-refractivity contribution in [2.24, 2.45) is 0 Å². The van der Waals surface area contributed by atoms with Crippen molar-refractivity contribution in [2.75, 3.05) is 0 Å². The van der Waals surface area contributed by atoms with Crippen LogP contribution < -0.4 is 0 Å². The molecule has 0 atom stereocenters. The van der Waals surface area contributed by atoms with Gasteiger partial charge in [0.05, 0.1) is 33.0 Å². The van der Waals surface area contributed by atoms with Crippen LogP contribution in [0.25, 0.3) is 110 Å². The van der Waals surface area contributed by atoms with E-state index in [1.807, 2.05) is 0 Å². The summed E-state index contributed by atoms with van der Waals surface area (Å²) in [6, 6.07) is 74.8. The van der Waals surface area contributed by atoms with Gasteiger partial charge in [0.25, 0.3) is 0 Å². The second-order valence-electron chi connectivity index (χ2n) is 17.1. The van der Waals surface area contributed by atoms with Crippen LogP contribution in [0.15, 0.2) is 200 Å². The Morgan fingerprint density at radius 2 is 0.836 bits per heavy atom. The second-order valence-corrected chi connectivity index (χ2v) is 17.1. The number of hydrogen-bond donors (Lipinski definition) is 0. The first-order valence-corrected chi connectivity index (χ1v) is 21.2. The van der Waals surface area contributed by atoms with E-state index < -0.39 is 0 Å². The lowest BCUT2D eigenvalue weighted by Gasteiger charge is -2.30. The second kappa shape index (κ2) is 11.2. The summed E-state index contributed by atoms with van der Waals surface area (Å²) in [5.74, 6) is 0.951. The molecule has 3 nitrogen and oxygen atoms in total. The lowest BCUT2D eigenvalue weighted by atomic mass is 9.70. The van der Waals surface area contributed by atoms with Gasteiger partial charge in [0.2, 0.25) is 5.78 Å². The van der Waals surface area contributed by atoms with Crippen LogP contribution in [0.2, 0.25) is 0 Å². The van der Waals surface area contributed by atoms with Crippen molar-refractivity contribution in [2.45, 2.75) is 5.41 Å². The van der Waals surface area contributed by atoms with Crippen molar-refractivity contribution in [3.63, 3.8) is 0 Å². The smallest absolute Gasteiger partial charge is 0.220 e. The lowest BCUT2D eigenvalue weighted by Crippen LogP contribution is -2.25. The molecule has 61 heavy (non-hydrogen) atoms. The summed E-state index contributed by atoms with van der Waals surface area (Å²) < 4.78 is 4.78. The summed E-state index contributed by atoms with van der Waals surface area (Å²) in [6.45, 7) is 0. The van der Waals surface area contributed by atoms with Crippen molar-refractivity contribution in [1.82, 2.24) is 13.8 Å². The molecule has 0 unspecified atom stereocenters. The van der Waals surface area contributed by atoms with Gasteiger partial charge >= 0.3 is 0 Å². The first-order valence-electron chi connectivity index (χ1n) is 21.2. The number of benzene rings is 10. The van der Waals surface area contributed by atoms with Crippen molar-refractivity contribution in [3.8, 4) is 44.5 Å². The van der Waals surface area contributed by atoms with Gasteiger partial charge in [-0.2, -0.15) is 0 Å². The Bertz CT molecular complexity index is 3990. The Balaban J connectivity index is 0.930. The largest absolute Gasteiger partial charge is 0.277 e. The fourth-order valence-corrected chi connectivity index (χ4v) is 11.6. The normalized spacial score (nSPS) is 13.7. The van der Waals surface area contributed by atoms with Crippen molar-refractivity contribution in [3.05, 3.63) is 222 Å². The van der Waals surface area contributed by atoms with Gasteiger partial charge in [0.15, 0.2) is 0 Å². The van der Waals surface area contributed by atoms with Gasteiger partial charge in [0.1, 0.15) is 0 Å². The minimum Gasteiger partial charge on any atom is -0.277 e. The molecule has 3 heteroatoms. The molecule has 0 amide bonds. The molecular weight excluding hydrogens is 739 g/mol. The third-order valence-corrected chi connectivity index (χ3v) is 14.2. The van der Waals surface area contributed by atoms with Crippen LogP contribution in [-0.4, -0.2) is 13.8 Å². The van der Waals surface area contributed by atoms with E-state index in [0.29, 0.717) is 0 Å². The maximum atomic E-state index is 5.35. The number of fused-ring (bicyclic) bond motifs is 20. The summed E-state index contributed by atoms with van der Waals surface area (Å²) >= 11 is 0. The molecule has 280 valence electrons. The first kappa shape index (κ1) is 31.9. The molecule has 10 aromatic carbocycles. The summed E-state index contributed by atoms with van der Waals surface area (Å²) in [5, 5.41) is 7.40. The molecule has 0 saturated carbocycles. The molecule has 0 bridgehead atoms. The highest BCUT2D eigenvalue weighted by Gasteiger charge is 2.51. The maximum absolute atomic E-state index is 5.35. The molecule has 0 saturated heterocycles. The number of nitrogens with zero attached hydrogens (tertiary/aromatic N) is 3. The number of hydrogen-bond acceptors (Lipinski definition) is 1. The van der Waals surface area contributed by atoms with Crippen molar-refractivity contribution < 1.29 is 0 Å². The average molecular weight is 772 g/mol. The summed E-state index contributed by atoms with van der Waals surface area (Å²) in [7, 11) is 0. The van der Waals surface area contributed by atoms with E-state index in [1.165, 1.54) is 116 Å². The first-order chi connectivity index (χ1) is 30.2. The number of imidazole rings is 2. The fraction of sp³-hybridized carbons (Fsp3) is 0.0172. The predicted octanol–water partition coefficient (Wildman–Crippen LogP) is 14.5. The molecule has 0 fully saturated rings. The van der Waals surface area contributed by atoms with Crippen LogP contribution in [0.3, 0.4) is 0 Å². The van der Waals surface area contributed by atoms with Gasteiger partial charge in [0, 0.05) is 10.8 Å². The zero-order valence-corrected chi connectivity index (χ0v) is 32.9. The lowest BCUT2D eigenvalue weighted by molar-refractivity contribution is 0.794. The van der Waals surface area contributed by atoms with Gasteiger partial charge in [-0.1, -0.05) is 158 Å². The highest BCUT2D eigenvalue weighted by molar-refractivity contribution is 6.20. The Morgan fingerprint density at radius 3 is 1.48 bits per heavy atom. The molecule has 2 aliphatic carbocycles. The molecular formula is C58H33N3. The SMILES string of the molecule is c1ccc2c(c1)-c1ccccc1C21c2ccccc2-c2ccc(-c3ccc(-c4cc5c6cc7ccccc7cc6n6c5c(c4)n4c5cc7ccccc7cc5nc46)cc3)cc21. The van der Waals surface area contributed by atoms with E-state index in [9.17, 15) is 0 Å². The van der Waals surface area contributed by atoms with Gasteiger partial charge in [-0.15, -0.1) is 0 Å². The van der Waals surface area contributed by atoms with E-state index >= 15 is 0 Å². The molecule has 3 heterocycles. The third-order valence-electron chi connectivity index (χ3n) is 14.2. The molecule has 13 aromatic rings. The molecule has 0 radical (unpaired) electrons. The predicted molar refractivity (Wildman–Crippen MR) is 252 cm³/mol. The van der Waals surface area contributed by atoms with Gasteiger partial charge in [-0.05, 0) is 131 Å². The Morgan fingerprint density at radius 1 is 0.328 bits per heavy atom. The molecule has 3 aromatic heterocycles. The van der Waals surface area contributed by atoms with Crippen LogP contribution in [0.1, 0.15) is 22.3 Å². The van der Waals surface area contributed by atoms with E-state index in [4.69, 9.17) is 4.98 Å². The van der Waals surface area contributed by atoms with Crippen LogP contribution in [-0.2, 0) is 5.41 Å². The number of aromatic nitrogens is 3. The molecule has 0 N–H and O–H groups in total. The summed E-state index contributed by atoms with van der Waals surface area (Å²) in [5.41, 5.74) is 20.9. The van der Waals surface area contributed by atoms with E-state index in [1.54, 1.807) is 0 Å². The maximum Gasteiger partial charge on any atom is 0.220 e. The molecule has 2 aliphatic rings. The third kappa shape index (κ3) is 3.92.